The predicted molar refractivity (Wildman–Crippen MR) is 116 cm³/mol. The van der Waals surface area contributed by atoms with E-state index in [1.807, 2.05) is 30.4 Å². The van der Waals surface area contributed by atoms with Crippen molar-refractivity contribution in [3.05, 3.63) is 53.6 Å². The zero-order chi connectivity index (χ0) is 20.5. The molecule has 2 amide bonds. The summed E-state index contributed by atoms with van der Waals surface area (Å²) in [7, 11) is 0. The van der Waals surface area contributed by atoms with E-state index in [0.717, 1.165) is 49.0 Å². The smallest absolute Gasteiger partial charge is 0.234 e. The summed E-state index contributed by atoms with van der Waals surface area (Å²) in [5.74, 6) is -0.222. The number of piperazine rings is 1. The van der Waals surface area contributed by atoms with Crippen LogP contribution in [-0.4, -0.2) is 64.3 Å². The van der Waals surface area contributed by atoms with Crippen molar-refractivity contribution in [3.63, 3.8) is 0 Å². The van der Waals surface area contributed by atoms with Crippen molar-refractivity contribution in [1.82, 2.24) is 19.7 Å². The number of carbonyl (C=O) groups excluding carboxylic acids is 2. The number of hydrogen-bond donors (Lipinski definition) is 0. The lowest BCUT2D eigenvalue weighted by molar-refractivity contribution is -0.142. The lowest BCUT2D eigenvalue weighted by Gasteiger charge is -2.35. The van der Waals surface area contributed by atoms with Gasteiger partial charge in [0, 0.05) is 43.7 Å². The molecule has 0 saturated carbocycles. The first-order valence-electron chi connectivity index (χ1n) is 10.6. The van der Waals surface area contributed by atoms with Crippen LogP contribution in [0.25, 0.3) is 10.6 Å². The molecule has 1 aliphatic carbocycles. The molecule has 1 aromatic carbocycles. The van der Waals surface area contributed by atoms with Crippen LogP contribution in [0.5, 0.6) is 0 Å². The van der Waals surface area contributed by atoms with Gasteiger partial charge in [-0.25, -0.2) is 4.98 Å². The van der Waals surface area contributed by atoms with Gasteiger partial charge in [0.2, 0.25) is 11.8 Å². The van der Waals surface area contributed by atoms with Crippen LogP contribution in [0.15, 0.2) is 47.9 Å². The van der Waals surface area contributed by atoms with Gasteiger partial charge in [0.25, 0.3) is 0 Å². The Morgan fingerprint density at radius 1 is 0.900 bits per heavy atom. The molecule has 7 heteroatoms. The van der Waals surface area contributed by atoms with E-state index in [2.05, 4.69) is 27.3 Å². The number of amides is 2. The van der Waals surface area contributed by atoms with Gasteiger partial charge in [0.05, 0.1) is 24.2 Å². The number of imide groups is 1. The molecule has 0 bridgehead atoms. The second kappa shape index (κ2) is 8.41. The van der Waals surface area contributed by atoms with Gasteiger partial charge in [-0.05, 0) is 12.8 Å². The van der Waals surface area contributed by atoms with Crippen molar-refractivity contribution < 1.29 is 9.59 Å². The van der Waals surface area contributed by atoms with Crippen LogP contribution in [0.3, 0.4) is 0 Å². The van der Waals surface area contributed by atoms with E-state index in [1.54, 1.807) is 11.3 Å². The van der Waals surface area contributed by atoms with Crippen LogP contribution in [0.4, 0.5) is 0 Å². The first-order chi connectivity index (χ1) is 14.7. The summed E-state index contributed by atoms with van der Waals surface area (Å²) in [4.78, 5) is 36.3. The van der Waals surface area contributed by atoms with Crippen LogP contribution < -0.4 is 0 Å². The average Bonchev–Trinajstić information content (AvgIpc) is 3.35. The summed E-state index contributed by atoms with van der Waals surface area (Å²) in [6, 6.07) is 10.3. The number of allylic oxidation sites excluding steroid dienone is 2. The van der Waals surface area contributed by atoms with Gasteiger partial charge in [-0.15, -0.1) is 11.3 Å². The maximum Gasteiger partial charge on any atom is 0.234 e. The second-order valence-corrected chi connectivity index (χ2v) is 9.16. The molecule has 3 aliphatic rings. The Kier molecular flexibility index (Phi) is 5.50. The van der Waals surface area contributed by atoms with Crippen molar-refractivity contribution in [1.29, 1.82) is 0 Å². The number of hydrogen-bond acceptors (Lipinski definition) is 6. The summed E-state index contributed by atoms with van der Waals surface area (Å²) < 4.78 is 0. The third-order valence-corrected chi connectivity index (χ3v) is 7.30. The van der Waals surface area contributed by atoms with Crippen molar-refractivity contribution in [2.45, 2.75) is 19.4 Å². The van der Waals surface area contributed by atoms with Crippen LogP contribution in [-0.2, 0) is 16.1 Å². The fourth-order valence-electron chi connectivity index (χ4n) is 4.62. The number of carbonyl (C=O) groups is 2. The Balaban J connectivity index is 1.13. The fourth-order valence-corrected chi connectivity index (χ4v) is 5.44. The third-order valence-electron chi connectivity index (χ3n) is 6.36. The standard InChI is InChI=1S/C23H26N4O2S/c28-22-19-8-4-5-9-20(19)23(29)27(22)16-26-12-10-25(11-13-26)14-18-15-30-21(24-18)17-6-2-1-3-7-17/h1-7,15,19-20H,8-14,16H2/t19-,20-/m1/s1. The van der Waals surface area contributed by atoms with Crippen molar-refractivity contribution in [3.8, 4) is 10.6 Å². The van der Waals surface area contributed by atoms with Crippen LogP contribution in [0, 0.1) is 11.8 Å². The molecule has 0 N–H and O–H groups in total. The number of likely N-dealkylation sites (tertiary alicyclic amines) is 1. The van der Waals surface area contributed by atoms with Crippen LogP contribution in [0.2, 0.25) is 0 Å². The van der Waals surface area contributed by atoms with Gasteiger partial charge in [0.15, 0.2) is 0 Å². The highest BCUT2D eigenvalue weighted by atomic mass is 32.1. The molecule has 2 aromatic rings. The van der Waals surface area contributed by atoms with Gasteiger partial charge < -0.3 is 0 Å². The summed E-state index contributed by atoms with van der Waals surface area (Å²) in [6.07, 6.45) is 5.49. The molecule has 5 rings (SSSR count). The largest absolute Gasteiger partial charge is 0.295 e. The van der Waals surface area contributed by atoms with E-state index in [-0.39, 0.29) is 23.7 Å². The van der Waals surface area contributed by atoms with Crippen molar-refractivity contribution in [2.75, 3.05) is 32.8 Å². The number of nitrogens with zero attached hydrogens (tertiary/aromatic N) is 4. The summed E-state index contributed by atoms with van der Waals surface area (Å²) >= 11 is 1.69. The van der Waals surface area contributed by atoms with Crippen LogP contribution in [0.1, 0.15) is 18.5 Å². The minimum atomic E-state index is -0.132. The van der Waals surface area contributed by atoms with Gasteiger partial charge in [-0.1, -0.05) is 42.5 Å². The van der Waals surface area contributed by atoms with E-state index in [0.29, 0.717) is 19.5 Å². The zero-order valence-electron chi connectivity index (χ0n) is 16.9. The maximum atomic E-state index is 12.7. The lowest BCUT2D eigenvalue weighted by Crippen LogP contribution is -2.51. The summed E-state index contributed by atoms with van der Waals surface area (Å²) in [5.41, 5.74) is 2.27. The molecule has 2 fully saturated rings. The molecular formula is C23H26N4O2S. The highest BCUT2D eigenvalue weighted by molar-refractivity contribution is 7.13. The first kappa shape index (κ1) is 19.6. The Morgan fingerprint density at radius 3 is 2.20 bits per heavy atom. The first-order valence-corrected chi connectivity index (χ1v) is 11.5. The van der Waals surface area contributed by atoms with Gasteiger partial charge in [-0.2, -0.15) is 0 Å². The fraction of sp³-hybridized carbons (Fsp3) is 0.435. The van der Waals surface area contributed by atoms with Gasteiger partial charge in [-0.3, -0.25) is 24.3 Å². The maximum absolute atomic E-state index is 12.7. The SMILES string of the molecule is O=C1[C@@H]2CC=CC[C@H]2C(=O)N1CN1CCN(Cc2csc(-c3ccccc3)n2)CC1. The van der Waals surface area contributed by atoms with E-state index in [9.17, 15) is 9.59 Å². The average molecular weight is 423 g/mol. The monoisotopic (exact) mass is 422 g/mol. The van der Waals surface area contributed by atoms with E-state index < -0.39 is 0 Å². The van der Waals surface area contributed by atoms with Crippen molar-refractivity contribution >= 4 is 23.2 Å². The Morgan fingerprint density at radius 2 is 1.53 bits per heavy atom. The Bertz CT molecular complexity index is 923. The van der Waals surface area contributed by atoms with E-state index in [4.69, 9.17) is 4.98 Å². The zero-order valence-corrected chi connectivity index (χ0v) is 17.8. The number of aromatic nitrogens is 1. The van der Waals surface area contributed by atoms with Crippen LogP contribution >= 0.6 is 11.3 Å². The van der Waals surface area contributed by atoms with E-state index >= 15 is 0 Å². The molecule has 2 aliphatic heterocycles. The Hall–Kier alpha value is -2.35. The molecule has 0 unspecified atom stereocenters. The van der Waals surface area contributed by atoms with Gasteiger partial charge in [0.1, 0.15) is 5.01 Å². The second-order valence-electron chi connectivity index (χ2n) is 8.31. The number of fused-ring (bicyclic) bond motifs is 1. The topological polar surface area (TPSA) is 56.8 Å². The molecule has 2 atom stereocenters. The number of thiazole rings is 1. The van der Waals surface area contributed by atoms with E-state index in [1.165, 1.54) is 4.90 Å². The predicted octanol–water partition coefficient (Wildman–Crippen LogP) is 2.84. The molecule has 0 radical (unpaired) electrons. The Labute approximate surface area is 180 Å². The molecule has 156 valence electrons. The number of rotatable bonds is 5. The molecule has 3 heterocycles. The molecular weight excluding hydrogens is 396 g/mol. The molecule has 6 nitrogen and oxygen atoms in total. The lowest BCUT2D eigenvalue weighted by atomic mass is 9.85. The molecule has 1 aromatic heterocycles. The highest BCUT2D eigenvalue weighted by Crippen LogP contribution is 2.35. The minimum Gasteiger partial charge on any atom is -0.295 e. The minimum absolute atomic E-state index is 0.0210. The molecule has 0 spiro atoms. The molecule has 30 heavy (non-hydrogen) atoms. The molecule has 2 saturated heterocycles. The van der Waals surface area contributed by atoms with Crippen molar-refractivity contribution in [2.24, 2.45) is 11.8 Å². The number of benzene rings is 1. The normalized spacial score (nSPS) is 25.1. The summed E-state index contributed by atoms with van der Waals surface area (Å²) in [6.45, 7) is 4.84. The third kappa shape index (κ3) is 3.85. The quantitative estimate of drug-likeness (QED) is 0.548. The highest BCUT2D eigenvalue weighted by Gasteiger charge is 2.47. The summed E-state index contributed by atoms with van der Waals surface area (Å²) in [5, 5.41) is 3.21. The van der Waals surface area contributed by atoms with Gasteiger partial charge >= 0.3 is 0 Å².